The second-order valence-electron chi connectivity index (χ2n) is 4.56. The average molecular weight is 269 g/mol. The van der Waals surface area contributed by atoms with Gasteiger partial charge in [0, 0.05) is 45.3 Å². The summed E-state index contributed by atoms with van der Waals surface area (Å²) in [6.07, 6.45) is -3.95. The van der Waals surface area contributed by atoms with Crippen LogP contribution in [0, 0.1) is 0 Å². The van der Waals surface area contributed by atoms with Crippen LogP contribution < -0.4 is 5.32 Å². The maximum Gasteiger partial charge on any atom is 0.383 e. The number of rotatable bonds is 3. The molecule has 0 aliphatic carbocycles. The van der Waals surface area contributed by atoms with Crippen LogP contribution in [0.15, 0.2) is 0 Å². The van der Waals surface area contributed by atoms with Crippen molar-refractivity contribution in [3.8, 4) is 0 Å². The molecule has 0 spiro atoms. The van der Waals surface area contributed by atoms with Gasteiger partial charge in [0.1, 0.15) is 0 Å². The number of carbonyl (C=O) groups is 1. The van der Waals surface area contributed by atoms with Crippen molar-refractivity contribution in [3.63, 3.8) is 0 Å². The second kappa shape index (κ2) is 5.00. The Morgan fingerprint density at radius 2 is 1.72 bits per heavy atom. The maximum absolute atomic E-state index is 12.9. The fraction of sp³-hybridized carbons (Fsp3) is 0.900. The molecule has 2 fully saturated rings. The van der Waals surface area contributed by atoms with Gasteiger partial charge in [-0.25, -0.2) is 8.78 Å². The Morgan fingerprint density at radius 3 is 2.11 bits per heavy atom. The largest absolute Gasteiger partial charge is 0.383 e. The monoisotopic (exact) mass is 269 g/mol. The first-order valence-electron chi connectivity index (χ1n) is 5.83. The molecule has 0 atom stereocenters. The molecule has 18 heavy (non-hydrogen) atoms. The van der Waals surface area contributed by atoms with Crippen LogP contribution in [-0.4, -0.2) is 73.4 Å². The predicted molar refractivity (Wildman–Crippen MR) is 55.8 cm³/mol. The molecule has 0 aromatic carbocycles. The zero-order valence-electron chi connectivity index (χ0n) is 9.71. The molecule has 2 aliphatic rings. The SMILES string of the molecule is O=C(N1CCN(C2CNC2)CC1)C(F)(F)C(F)F. The van der Waals surface area contributed by atoms with E-state index in [4.69, 9.17) is 0 Å². The fourth-order valence-electron chi connectivity index (χ4n) is 2.13. The molecule has 2 heterocycles. The fourth-order valence-corrected chi connectivity index (χ4v) is 2.13. The molecule has 0 radical (unpaired) electrons. The maximum atomic E-state index is 12.9. The molecule has 1 N–H and O–H groups in total. The van der Waals surface area contributed by atoms with E-state index < -0.39 is 18.3 Å². The molecule has 8 heteroatoms. The standard InChI is InChI=1S/C10H15F4N3O/c11-8(12)10(13,14)9(18)17-3-1-16(2-4-17)7-5-15-6-7/h7-8,15H,1-6H2. The molecule has 0 aromatic rings. The van der Waals surface area contributed by atoms with Gasteiger partial charge in [0.05, 0.1) is 0 Å². The van der Waals surface area contributed by atoms with Crippen molar-refractivity contribution in [2.75, 3.05) is 39.3 Å². The summed E-state index contributed by atoms with van der Waals surface area (Å²) in [5.74, 6) is -6.33. The molecule has 2 aliphatic heterocycles. The number of piperazine rings is 1. The van der Waals surface area contributed by atoms with Crippen LogP contribution in [0.4, 0.5) is 17.6 Å². The van der Waals surface area contributed by atoms with E-state index in [0.717, 1.165) is 18.0 Å². The Labute approximate surface area is 102 Å². The highest BCUT2D eigenvalue weighted by molar-refractivity contribution is 5.84. The minimum absolute atomic E-state index is 0.0810. The molecule has 2 rings (SSSR count). The summed E-state index contributed by atoms with van der Waals surface area (Å²) in [5, 5.41) is 3.09. The minimum atomic E-state index is -4.57. The van der Waals surface area contributed by atoms with Gasteiger partial charge in [0.2, 0.25) is 0 Å². The van der Waals surface area contributed by atoms with Crippen molar-refractivity contribution in [1.29, 1.82) is 0 Å². The van der Waals surface area contributed by atoms with Crippen molar-refractivity contribution in [2.45, 2.75) is 18.4 Å². The van der Waals surface area contributed by atoms with Crippen molar-refractivity contribution in [3.05, 3.63) is 0 Å². The van der Waals surface area contributed by atoms with E-state index in [-0.39, 0.29) is 13.1 Å². The molecule has 0 saturated carbocycles. The first-order valence-corrected chi connectivity index (χ1v) is 5.83. The number of halogens is 4. The number of alkyl halides is 4. The third kappa shape index (κ3) is 2.44. The van der Waals surface area contributed by atoms with E-state index >= 15 is 0 Å². The zero-order chi connectivity index (χ0) is 13.3. The summed E-state index contributed by atoms with van der Waals surface area (Å²) in [7, 11) is 0. The number of hydrogen-bond donors (Lipinski definition) is 1. The van der Waals surface area contributed by atoms with Crippen LogP contribution in [0.1, 0.15) is 0 Å². The van der Waals surface area contributed by atoms with E-state index in [1.165, 1.54) is 0 Å². The van der Waals surface area contributed by atoms with Gasteiger partial charge in [-0.2, -0.15) is 8.78 Å². The van der Waals surface area contributed by atoms with Gasteiger partial charge in [-0.05, 0) is 0 Å². The lowest BCUT2D eigenvalue weighted by atomic mass is 10.1. The highest BCUT2D eigenvalue weighted by atomic mass is 19.3. The molecule has 0 unspecified atom stereocenters. The normalized spacial score (nSPS) is 23.3. The van der Waals surface area contributed by atoms with E-state index in [1.807, 2.05) is 0 Å². The van der Waals surface area contributed by atoms with Crippen LogP contribution in [0.2, 0.25) is 0 Å². The average Bonchev–Trinajstić information content (AvgIpc) is 2.26. The van der Waals surface area contributed by atoms with Gasteiger partial charge in [0.15, 0.2) is 0 Å². The lowest BCUT2D eigenvalue weighted by Crippen LogP contribution is -2.63. The molecular weight excluding hydrogens is 254 g/mol. The van der Waals surface area contributed by atoms with Gasteiger partial charge in [-0.15, -0.1) is 0 Å². The Morgan fingerprint density at radius 1 is 1.17 bits per heavy atom. The summed E-state index contributed by atoms with van der Waals surface area (Å²) >= 11 is 0. The van der Waals surface area contributed by atoms with Gasteiger partial charge in [-0.3, -0.25) is 9.69 Å². The number of amides is 1. The van der Waals surface area contributed by atoms with Gasteiger partial charge >= 0.3 is 12.3 Å². The zero-order valence-corrected chi connectivity index (χ0v) is 9.71. The molecule has 0 bridgehead atoms. The molecule has 2 saturated heterocycles. The van der Waals surface area contributed by atoms with E-state index in [2.05, 4.69) is 10.2 Å². The summed E-state index contributed by atoms with van der Waals surface area (Å²) in [6, 6.07) is 0.373. The summed E-state index contributed by atoms with van der Waals surface area (Å²) in [4.78, 5) is 14.2. The third-order valence-electron chi connectivity index (χ3n) is 3.44. The molecular formula is C10H15F4N3O. The van der Waals surface area contributed by atoms with Gasteiger partial charge < -0.3 is 10.2 Å². The van der Waals surface area contributed by atoms with Crippen molar-refractivity contribution in [2.24, 2.45) is 0 Å². The lowest BCUT2D eigenvalue weighted by molar-refractivity contribution is -0.182. The van der Waals surface area contributed by atoms with Crippen molar-refractivity contribution < 1.29 is 22.4 Å². The summed E-state index contributed by atoms with van der Waals surface area (Å²) in [6.45, 7) is 2.77. The number of nitrogens with zero attached hydrogens (tertiary/aromatic N) is 2. The third-order valence-corrected chi connectivity index (χ3v) is 3.44. The Kier molecular flexibility index (Phi) is 3.76. The highest BCUT2D eigenvalue weighted by Gasteiger charge is 2.51. The second-order valence-corrected chi connectivity index (χ2v) is 4.56. The van der Waals surface area contributed by atoms with Crippen LogP contribution in [0.5, 0.6) is 0 Å². The highest BCUT2D eigenvalue weighted by Crippen LogP contribution is 2.26. The number of hydrogen-bond acceptors (Lipinski definition) is 3. The van der Waals surface area contributed by atoms with E-state index in [9.17, 15) is 22.4 Å². The summed E-state index contributed by atoms with van der Waals surface area (Å²) < 4.78 is 49.9. The number of nitrogens with one attached hydrogen (secondary N) is 1. The Bertz CT molecular complexity index is 314. The van der Waals surface area contributed by atoms with Gasteiger partial charge in [0.25, 0.3) is 5.91 Å². The quantitative estimate of drug-likeness (QED) is 0.733. The molecule has 104 valence electrons. The molecule has 1 amide bonds. The first kappa shape index (κ1) is 13.5. The van der Waals surface area contributed by atoms with Crippen LogP contribution in [0.3, 0.4) is 0 Å². The van der Waals surface area contributed by atoms with Crippen LogP contribution in [-0.2, 0) is 4.79 Å². The van der Waals surface area contributed by atoms with E-state index in [1.54, 1.807) is 0 Å². The minimum Gasteiger partial charge on any atom is -0.335 e. The lowest BCUT2D eigenvalue weighted by Gasteiger charge is -2.43. The molecule has 4 nitrogen and oxygen atoms in total. The van der Waals surface area contributed by atoms with Gasteiger partial charge in [-0.1, -0.05) is 0 Å². The Hall–Kier alpha value is -0.890. The first-order chi connectivity index (χ1) is 8.43. The Balaban J connectivity index is 1.87. The molecule has 0 aromatic heterocycles. The smallest absolute Gasteiger partial charge is 0.335 e. The van der Waals surface area contributed by atoms with Crippen molar-refractivity contribution >= 4 is 5.91 Å². The van der Waals surface area contributed by atoms with Crippen molar-refractivity contribution in [1.82, 2.24) is 15.1 Å². The summed E-state index contributed by atoms with van der Waals surface area (Å²) in [5.41, 5.74) is 0. The van der Waals surface area contributed by atoms with Crippen LogP contribution >= 0.6 is 0 Å². The topological polar surface area (TPSA) is 35.6 Å². The number of carbonyl (C=O) groups excluding carboxylic acids is 1. The predicted octanol–water partition coefficient (Wildman–Crippen LogP) is 0.00280. The van der Waals surface area contributed by atoms with E-state index in [0.29, 0.717) is 19.1 Å². The van der Waals surface area contributed by atoms with Crippen LogP contribution in [0.25, 0.3) is 0 Å².